The fourth-order valence-electron chi connectivity index (χ4n) is 2.57. The van der Waals surface area contributed by atoms with E-state index >= 15 is 0 Å². The second kappa shape index (κ2) is 9.25. The van der Waals surface area contributed by atoms with Crippen molar-refractivity contribution in [3.8, 4) is 0 Å². The second-order valence-corrected chi connectivity index (χ2v) is 7.69. The zero-order valence-electron chi connectivity index (χ0n) is 15.5. The standard InChI is InChI=1S/C19H21N3O5S/c1-3-21(4-2)28(26,27)17-12-10-16(11-13-17)20-19(23)14-9-15-7-5-6-8-18(15)22(24)25/h5-14H,3-4H2,1-2H3,(H,20,23). The molecule has 28 heavy (non-hydrogen) atoms. The number of nitro benzene ring substituents is 1. The smallest absolute Gasteiger partial charge is 0.276 e. The summed E-state index contributed by atoms with van der Waals surface area (Å²) in [6.45, 7) is 4.26. The predicted octanol–water partition coefficient (Wildman–Crippen LogP) is 3.28. The molecule has 148 valence electrons. The van der Waals surface area contributed by atoms with E-state index < -0.39 is 20.9 Å². The number of carbonyl (C=O) groups is 1. The molecule has 2 aromatic rings. The molecule has 0 bridgehead atoms. The quantitative estimate of drug-likeness (QED) is 0.413. The van der Waals surface area contributed by atoms with E-state index in [1.165, 1.54) is 52.9 Å². The molecule has 0 atom stereocenters. The molecule has 9 heteroatoms. The second-order valence-electron chi connectivity index (χ2n) is 5.75. The lowest BCUT2D eigenvalue weighted by Crippen LogP contribution is -2.30. The number of carbonyl (C=O) groups excluding carboxylic acids is 1. The molecule has 0 radical (unpaired) electrons. The molecule has 0 saturated carbocycles. The molecule has 2 aromatic carbocycles. The van der Waals surface area contributed by atoms with Crippen LogP contribution in [0.15, 0.2) is 59.5 Å². The van der Waals surface area contributed by atoms with E-state index in [4.69, 9.17) is 0 Å². The van der Waals surface area contributed by atoms with Crippen LogP contribution in [0.25, 0.3) is 6.08 Å². The number of sulfonamides is 1. The van der Waals surface area contributed by atoms with Crippen molar-refractivity contribution in [2.45, 2.75) is 18.7 Å². The SMILES string of the molecule is CCN(CC)S(=O)(=O)c1ccc(NC(=O)C=Cc2ccccc2[N+](=O)[O-])cc1. The fourth-order valence-corrected chi connectivity index (χ4v) is 4.02. The molecule has 0 spiro atoms. The van der Waals surface area contributed by atoms with Crippen LogP contribution < -0.4 is 5.32 Å². The maximum atomic E-state index is 12.4. The van der Waals surface area contributed by atoms with Crippen molar-refractivity contribution in [3.05, 3.63) is 70.3 Å². The van der Waals surface area contributed by atoms with Crippen LogP contribution in [0.5, 0.6) is 0 Å². The Labute approximate surface area is 163 Å². The number of nitrogens with one attached hydrogen (secondary N) is 1. The molecule has 2 rings (SSSR count). The van der Waals surface area contributed by atoms with Gasteiger partial charge < -0.3 is 5.32 Å². The highest BCUT2D eigenvalue weighted by Gasteiger charge is 2.21. The largest absolute Gasteiger partial charge is 0.323 e. The number of hydrogen-bond donors (Lipinski definition) is 1. The topological polar surface area (TPSA) is 110 Å². The highest BCUT2D eigenvalue weighted by Crippen LogP contribution is 2.20. The first-order valence-electron chi connectivity index (χ1n) is 8.62. The van der Waals surface area contributed by atoms with Crippen molar-refractivity contribution < 1.29 is 18.1 Å². The van der Waals surface area contributed by atoms with Gasteiger partial charge in [-0.15, -0.1) is 0 Å². The van der Waals surface area contributed by atoms with Crippen molar-refractivity contribution in [3.63, 3.8) is 0 Å². The van der Waals surface area contributed by atoms with Crippen molar-refractivity contribution >= 4 is 33.4 Å². The van der Waals surface area contributed by atoms with Gasteiger partial charge in [0.15, 0.2) is 0 Å². The molecule has 0 fully saturated rings. The molecule has 0 unspecified atom stereocenters. The van der Waals surface area contributed by atoms with Crippen LogP contribution in [-0.2, 0) is 14.8 Å². The van der Waals surface area contributed by atoms with E-state index in [1.54, 1.807) is 26.0 Å². The van der Waals surface area contributed by atoms with Crippen LogP contribution in [0.4, 0.5) is 11.4 Å². The van der Waals surface area contributed by atoms with E-state index in [2.05, 4.69) is 5.32 Å². The average molecular weight is 403 g/mol. The molecule has 1 N–H and O–H groups in total. The summed E-state index contributed by atoms with van der Waals surface area (Å²) in [4.78, 5) is 22.7. The van der Waals surface area contributed by atoms with Gasteiger partial charge in [-0.05, 0) is 36.4 Å². The van der Waals surface area contributed by atoms with E-state index in [-0.39, 0.29) is 10.6 Å². The maximum Gasteiger partial charge on any atom is 0.276 e. The zero-order valence-corrected chi connectivity index (χ0v) is 16.3. The van der Waals surface area contributed by atoms with Crippen LogP contribution in [0, 0.1) is 10.1 Å². The summed E-state index contributed by atoms with van der Waals surface area (Å²) in [5.74, 6) is -0.488. The van der Waals surface area contributed by atoms with Crippen LogP contribution in [0.3, 0.4) is 0 Å². The summed E-state index contributed by atoms with van der Waals surface area (Å²) in [6, 6.07) is 11.9. The van der Waals surface area contributed by atoms with E-state index in [0.29, 0.717) is 24.3 Å². The summed E-state index contributed by atoms with van der Waals surface area (Å²) in [7, 11) is -3.56. The fraction of sp³-hybridized carbons (Fsp3) is 0.211. The molecule has 0 aliphatic rings. The van der Waals surface area contributed by atoms with Crippen molar-refractivity contribution in [2.75, 3.05) is 18.4 Å². The van der Waals surface area contributed by atoms with Crippen LogP contribution in [-0.4, -0.2) is 36.6 Å². The number of anilines is 1. The van der Waals surface area contributed by atoms with Gasteiger partial charge in [0, 0.05) is 30.9 Å². The van der Waals surface area contributed by atoms with Gasteiger partial charge >= 0.3 is 0 Å². The van der Waals surface area contributed by atoms with Gasteiger partial charge in [0.2, 0.25) is 15.9 Å². The third-order valence-electron chi connectivity index (χ3n) is 4.01. The molecular weight excluding hydrogens is 382 g/mol. The molecule has 0 saturated heterocycles. The number of hydrogen-bond acceptors (Lipinski definition) is 5. The van der Waals surface area contributed by atoms with Crippen LogP contribution in [0.2, 0.25) is 0 Å². The van der Waals surface area contributed by atoms with Gasteiger partial charge in [0.05, 0.1) is 15.4 Å². The molecule has 1 amide bonds. The number of amides is 1. The van der Waals surface area contributed by atoms with Crippen molar-refractivity contribution in [1.29, 1.82) is 0 Å². The summed E-state index contributed by atoms with van der Waals surface area (Å²) in [5, 5.41) is 13.6. The van der Waals surface area contributed by atoms with Gasteiger partial charge in [0.1, 0.15) is 0 Å². The Morgan fingerprint density at radius 2 is 1.71 bits per heavy atom. The lowest BCUT2D eigenvalue weighted by atomic mass is 10.1. The Kier molecular flexibility index (Phi) is 7.02. The molecule has 8 nitrogen and oxygen atoms in total. The monoisotopic (exact) mass is 403 g/mol. The summed E-state index contributed by atoms with van der Waals surface area (Å²) in [6.07, 6.45) is 2.54. The minimum atomic E-state index is -3.56. The third kappa shape index (κ3) is 5.02. The number of rotatable bonds is 8. The Morgan fingerprint density at radius 1 is 1.11 bits per heavy atom. The van der Waals surface area contributed by atoms with Crippen molar-refractivity contribution in [2.24, 2.45) is 0 Å². The van der Waals surface area contributed by atoms with Gasteiger partial charge in [0.25, 0.3) is 5.69 Å². The summed E-state index contributed by atoms with van der Waals surface area (Å²) in [5.41, 5.74) is 0.622. The minimum absolute atomic E-state index is 0.0995. The highest BCUT2D eigenvalue weighted by molar-refractivity contribution is 7.89. The Hall–Kier alpha value is -3.04. The normalized spacial score (nSPS) is 11.7. The molecular formula is C19H21N3O5S. The van der Waals surface area contributed by atoms with Crippen LogP contribution in [0.1, 0.15) is 19.4 Å². The molecule has 0 aromatic heterocycles. The van der Waals surface area contributed by atoms with E-state index in [9.17, 15) is 23.3 Å². The third-order valence-corrected chi connectivity index (χ3v) is 6.08. The Morgan fingerprint density at radius 3 is 2.29 bits per heavy atom. The van der Waals surface area contributed by atoms with E-state index in [1.807, 2.05) is 0 Å². The predicted molar refractivity (Wildman–Crippen MR) is 107 cm³/mol. The highest BCUT2D eigenvalue weighted by atomic mass is 32.2. The lowest BCUT2D eigenvalue weighted by Gasteiger charge is -2.18. The van der Waals surface area contributed by atoms with Gasteiger partial charge in [-0.3, -0.25) is 14.9 Å². The molecule has 0 aliphatic carbocycles. The first-order chi connectivity index (χ1) is 13.3. The average Bonchev–Trinajstić information content (AvgIpc) is 2.67. The van der Waals surface area contributed by atoms with Crippen molar-refractivity contribution in [1.82, 2.24) is 4.31 Å². The zero-order chi connectivity index (χ0) is 20.7. The summed E-state index contributed by atoms with van der Waals surface area (Å²) >= 11 is 0. The minimum Gasteiger partial charge on any atom is -0.323 e. The van der Waals surface area contributed by atoms with Gasteiger partial charge in [-0.2, -0.15) is 4.31 Å². The van der Waals surface area contributed by atoms with Crippen LogP contribution >= 0.6 is 0 Å². The van der Waals surface area contributed by atoms with E-state index in [0.717, 1.165) is 0 Å². The Bertz CT molecular complexity index is 981. The number of nitrogens with zero attached hydrogens (tertiary/aromatic N) is 2. The molecule has 0 aliphatic heterocycles. The number of nitro groups is 1. The lowest BCUT2D eigenvalue weighted by molar-refractivity contribution is -0.385. The summed E-state index contributed by atoms with van der Waals surface area (Å²) < 4.78 is 26.2. The molecule has 0 heterocycles. The first-order valence-corrected chi connectivity index (χ1v) is 10.1. The van der Waals surface area contributed by atoms with Gasteiger partial charge in [-0.1, -0.05) is 26.0 Å². The Balaban J connectivity index is 2.11. The maximum absolute atomic E-state index is 12.4. The number of para-hydroxylation sites is 1. The van der Waals surface area contributed by atoms with Gasteiger partial charge in [-0.25, -0.2) is 8.42 Å². The first kappa shape index (κ1) is 21.3. The number of benzene rings is 2.